The fourth-order valence-corrected chi connectivity index (χ4v) is 5.83. The van der Waals surface area contributed by atoms with Crippen LogP contribution in [0.5, 0.6) is 0 Å². The predicted molar refractivity (Wildman–Crippen MR) is 126 cm³/mol. The van der Waals surface area contributed by atoms with Crippen LogP contribution in [0.15, 0.2) is 38.4 Å². The molecule has 4 aromatic rings. The molecule has 0 radical (unpaired) electrons. The summed E-state index contributed by atoms with van der Waals surface area (Å²) in [7, 11) is 0. The molecular weight excluding hydrogens is 486 g/mol. The Labute approximate surface area is 195 Å². The second-order valence-corrected chi connectivity index (χ2v) is 9.42. The maximum atomic E-state index is 14.5. The number of nitrogens with two attached hydrogens (primary N) is 1. The van der Waals surface area contributed by atoms with E-state index >= 15 is 0 Å². The maximum Gasteiger partial charge on any atom is 0.143 e. The molecule has 0 amide bonds. The van der Waals surface area contributed by atoms with Crippen molar-refractivity contribution < 1.29 is 8.91 Å². The molecule has 0 fully saturated rings. The van der Waals surface area contributed by atoms with Crippen LogP contribution in [0, 0.1) is 18.2 Å². The quantitative estimate of drug-likeness (QED) is 0.180. The number of thiazole rings is 1. The number of halogens is 3. The monoisotopic (exact) mass is 500 g/mol. The van der Waals surface area contributed by atoms with Gasteiger partial charge in [0.15, 0.2) is 0 Å². The van der Waals surface area contributed by atoms with E-state index in [9.17, 15) is 4.39 Å². The van der Waals surface area contributed by atoms with E-state index in [4.69, 9.17) is 32.3 Å². The van der Waals surface area contributed by atoms with Gasteiger partial charge in [-0.25, -0.2) is 9.37 Å². The fourth-order valence-electron chi connectivity index (χ4n) is 2.89. The molecule has 0 unspecified atom stereocenters. The lowest BCUT2D eigenvalue weighted by atomic mass is 10.0. The van der Waals surface area contributed by atoms with Crippen LogP contribution < -0.4 is 5.73 Å². The standard InChI is InChI=1S/C19H14ClFN4OS3.ClH/c1-8-14(16(25-26-8)15-10(20)4-3-5-11(15)21)12-7-28-18(24-12)9-6-13(17(22)23)29-19(9)27-2;/h3-7H,1-2H3,(H3,22,23);1H. The Hall–Kier alpha value is -1.91. The highest BCUT2D eigenvalue weighted by atomic mass is 35.5. The maximum absolute atomic E-state index is 14.5. The zero-order valence-electron chi connectivity index (χ0n) is 15.7. The van der Waals surface area contributed by atoms with Gasteiger partial charge in [0, 0.05) is 10.9 Å². The number of thiophene rings is 1. The zero-order chi connectivity index (χ0) is 20.7. The minimum absolute atomic E-state index is 0. The first kappa shape index (κ1) is 22.8. The number of thioether (sulfide) groups is 1. The number of nitrogen functional groups attached to an aromatic ring is 1. The summed E-state index contributed by atoms with van der Waals surface area (Å²) in [6.45, 7) is 1.76. The highest BCUT2D eigenvalue weighted by molar-refractivity contribution is 8.00. The molecule has 156 valence electrons. The molecule has 0 aliphatic heterocycles. The molecule has 0 aliphatic carbocycles. The lowest BCUT2D eigenvalue weighted by Crippen LogP contribution is -2.08. The van der Waals surface area contributed by atoms with E-state index in [1.165, 1.54) is 28.7 Å². The van der Waals surface area contributed by atoms with Gasteiger partial charge in [-0.2, -0.15) is 0 Å². The summed E-state index contributed by atoms with van der Waals surface area (Å²) in [5.41, 5.74) is 8.30. The molecule has 0 aliphatic rings. The smallest absolute Gasteiger partial charge is 0.143 e. The molecule has 30 heavy (non-hydrogen) atoms. The number of amidine groups is 1. The molecular formula is C19H15Cl2FN4OS3. The molecule has 11 heteroatoms. The van der Waals surface area contributed by atoms with Gasteiger partial charge in [-0.05, 0) is 31.4 Å². The normalized spacial score (nSPS) is 10.8. The van der Waals surface area contributed by atoms with Crippen molar-refractivity contribution in [1.82, 2.24) is 10.1 Å². The van der Waals surface area contributed by atoms with Crippen molar-refractivity contribution in [2.45, 2.75) is 11.1 Å². The van der Waals surface area contributed by atoms with Gasteiger partial charge in [0.25, 0.3) is 0 Å². The van der Waals surface area contributed by atoms with Gasteiger partial charge in [0.1, 0.15) is 28.1 Å². The van der Waals surface area contributed by atoms with Crippen molar-refractivity contribution >= 4 is 64.3 Å². The highest BCUT2D eigenvalue weighted by Crippen LogP contribution is 2.43. The van der Waals surface area contributed by atoms with Crippen LogP contribution in [0.3, 0.4) is 0 Å². The molecule has 3 N–H and O–H groups in total. The number of nitrogens with one attached hydrogen (secondary N) is 1. The largest absolute Gasteiger partial charge is 0.383 e. The van der Waals surface area contributed by atoms with Crippen LogP contribution in [0.1, 0.15) is 10.6 Å². The summed E-state index contributed by atoms with van der Waals surface area (Å²) in [5.74, 6) is 0.0757. The first-order chi connectivity index (χ1) is 13.9. The van der Waals surface area contributed by atoms with Gasteiger partial charge in [0.2, 0.25) is 0 Å². The highest BCUT2D eigenvalue weighted by Gasteiger charge is 2.24. The van der Waals surface area contributed by atoms with Gasteiger partial charge >= 0.3 is 0 Å². The molecule has 0 spiro atoms. The summed E-state index contributed by atoms with van der Waals surface area (Å²) in [6, 6.07) is 6.36. The number of nitrogens with zero attached hydrogens (tertiary/aromatic N) is 2. The van der Waals surface area contributed by atoms with Gasteiger partial charge < -0.3 is 10.3 Å². The van der Waals surface area contributed by atoms with E-state index in [0.717, 1.165) is 14.8 Å². The third-order valence-corrected chi connectivity index (χ3v) is 7.70. The number of aromatic nitrogens is 2. The van der Waals surface area contributed by atoms with E-state index in [-0.39, 0.29) is 28.8 Å². The Morgan fingerprint density at radius 3 is 2.77 bits per heavy atom. The van der Waals surface area contributed by atoms with E-state index in [1.807, 2.05) is 17.7 Å². The third-order valence-electron chi connectivity index (χ3n) is 4.20. The SMILES string of the molecule is CSc1sc(C(=N)N)cc1-c1nc(-c2c(-c3c(F)cccc3Cl)noc2C)cs1.Cl. The molecule has 4 rings (SSSR count). The van der Waals surface area contributed by atoms with Crippen molar-refractivity contribution in [3.63, 3.8) is 0 Å². The Bertz CT molecular complexity index is 1210. The lowest BCUT2D eigenvalue weighted by Gasteiger charge is -2.04. The van der Waals surface area contributed by atoms with Crippen molar-refractivity contribution in [2.75, 3.05) is 6.26 Å². The zero-order valence-corrected chi connectivity index (χ0v) is 19.7. The number of benzene rings is 1. The minimum Gasteiger partial charge on any atom is -0.383 e. The van der Waals surface area contributed by atoms with Gasteiger partial charge in [-0.1, -0.05) is 22.8 Å². The first-order valence-electron chi connectivity index (χ1n) is 8.29. The number of hydrogen-bond acceptors (Lipinski definition) is 7. The summed E-state index contributed by atoms with van der Waals surface area (Å²) >= 11 is 10.7. The molecule has 3 aromatic heterocycles. The fraction of sp³-hybridized carbons (Fsp3) is 0.105. The summed E-state index contributed by atoms with van der Waals surface area (Å²) < 4.78 is 20.8. The van der Waals surface area contributed by atoms with Crippen LogP contribution in [0.25, 0.3) is 33.1 Å². The predicted octanol–water partition coefficient (Wildman–Crippen LogP) is 6.72. The summed E-state index contributed by atoms with van der Waals surface area (Å²) in [6.07, 6.45) is 1.97. The Kier molecular flexibility index (Phi) is 6.88. The van der Waals surface area contributed by atoms with Crippen LogP contribution in [-0.2, 0) is 0 Å². The second-order valence-electron chi connectivity index (χ2n) is 6.03. The van der Waals surface area contributed by atoms with E-state index in [1.54, 1.807) is 30.8 Å². The molecule has 3 heterocycles. The first-order valence-corrected chi connectivity index (χ1v) is 11.6. The van der Waals surface area contributed by atoms with Gasteiger partial charge in [-0.3, -0.25) is 5.41 Å². The molecule has 0 saturated carbocycles. The minimum atomic E-state index is -0.476. The van der Waals surface area contributed by atoms with E-state index in [0.29, 0.717) is 27.6 Å². The summed E-state index contributed by atoms with van der Waals surface area (Å²) in [4.78, 5) is 5.44. The average Bonchev–Trinajstić information content (AvgIpc) is 3.39. The van der Waals surface area contributed by atoms with Gasteiger partial charge in [0.05, 0.1) is 30.9 Å². The van der Waals surface area contributed by atoms with Crippen molar-refractivity contribution in [3.8, 4) is 33.1 Å². The van der Waals surface area contributed by atoms with Crippen LogP contribution in [-0.4, -0.2) is 22.2 Å². The van der Waals surface area contributed by atoms with Crippen LogP contribution in [0.4, 0.5) is 4.39 Å². The molecule has 5 nitrogen and oxygen atoms in total. The van der Waals surface area contributed by atoms with Crippen molar-refractivity contribution in [2.24, 2.45) is 5.73 Å². The third kappa shape index (κ3) is 4.00. The van der Waals surface area contributed by atoms with Crippen molar-refractivity contribution in [3.05, 3.63) is 51.1 Å². The summed E-state index contributed by atoms with van der Waals surface area (Å²) in [5, 5.41) is 14.6. The number of aryl methyl sites for hydroxylation is 1. The topological polar surface area (TPSA) is 88.8 Å². The average molecular weight is 501 g/mol. The Morgan fingerprint density at radius 1 is 1.33 bits per heavy atom. The number of rotatable bonds is 5. The van der Waals surface area contributed by atoms with Gasteiger partial charge in [-0.15, -0.1) is 46.8 Å². The van der Waals surface area contributed by atoms with E-state index < -0.39 is 5.82 Å². The van der Waals surface area contributed by atoms with Crippen LogP contribution >= 0.6 is 58.4 Å². The molecule has 1 aromatic carbocycles. The van der Waals surface area contributed by atoms with E-state index in [2.05, 4.69) is 5.16 Å². The molecule has 0 saturated heterocycles. The van der Waals surface area contributed by atoms with Crippen molar-refractivity contribution in [1.29, 1.82) is 5.41 Å². The van der Waals surface area contributed by atoms with Crippen LogP contribution in [0.2, 0.25) is 5.02 Å². The molecule has 0 bridgehead atoms. The second kappa shape index (κ2) is 9.07. The lowest BCUT2D eigenvalue weighted by molar-refractivity contribution is 0.400. The number of hydrogen-bond donors (Lipinski definition) is 2. The Morgan fingerprint density at radius 2 is 2.10 bits per heavy atom. The Balaban J connectivity index is 0.00000256. The molecule has 0 atom stereocenters.